The molecule has 2 aromatic rings. The maximum atomic E-state index is 12.5. The quantitative estimate of drug-likeness (QED) is 0.412. The van der Waals surface area contributed by atoms with Gasteiger partial charge in [0.15, 0.2) is 11.5 Å². The minimum atomic E-state index is -3.27. The van der Waals surface area contributed by atoms with E-state index in [0.29, 0.717) is 0 Å². The topological polar surface area (TPSA) is 84.9 Å². The Labute approximate surface area is 169 Å². The van der Waals surface area contributed by atoms with Gasteiger partial charge in [-0.15, -0.1) is 0 Å². The minimum Gasteiger partial charge on any atom is -0.478 e. The third-order valence-electron chi connectivity index (χ3n) is 3.31. The van der Waals surface area contributed by atoms with Crippen molar-refractivity contribution >= 4 is 39.6 Å². The molecule has 0 aromatic heterocycles. The predicted molar refractivity (Wildman–Crippen MR) is 98.5 cm³/mol. The summed E-state index contributed by atoms with van der Waals surface area (Å²) in [5.74, 6) is -3.21. The molecule has 2 aromatic carbocycles. The van der Waals surface area contributed by atoms with E-state index in [1.165, 1.54) is 30.3 Å². The van der Waals surface area contributed by atoms with E-state index in [-0.39, 0.29) is 21.3 Å². The van der Waals surface area contributed by atoms with Crippen molar-refractivity contribution in [1.29, 1.82) is 0 Å². The molecule has 11 heteroatoms. The SMILES string of the molecule is O=C(/C=C/c1ccc(OC(F)F)c(OC(F)F)c1)Nc1cccc(Br)c1C(=O)O. The first-order chi connectivity index (χ1) is 13.7. The van der Waals surface area contributed by atoms with Gasteiger partial charge in [-0.25, -0.2) is 4.79 Å². The lowest BCUT2D eigenvalue weighted by Crippen LogP contribution is -2.12. The molecule has 1 amide bonds. The van der Waals surface area contributed by atoms with Crippen molar-refractivity contribution in [3.05, 3.63) is 58.1 Å². The number of carbonyl (C=O) groups excluding carboxylic acids is 1. The Kier molecular flexibility index (Phi) is 7.59. The zero-order valence-electron chi connectivity index (χ0n) is 14.2. The van der Waals surface area contributed by atoms with E-state index in [2.05, 4.69) is 30.7 Å². The van der Waals surface area contributed by atoms with Gasteiger partial charge < -0.3 is 19.9 Å². The van der Waals surface area contributed by atoms with Crippen LogP contribution in [0.4, 0.5) is 23.2 Å². The first-order valence-corrected chi connectivity index (χ1v) is 8.51. The summed E-state index contributed by atoms with van der Waals surface area (Å²) in [6.07, 6.45) is 2.19. The molecule has 154 valence electrons. The molecule has 0 fully saturated rings. The Bertz CT molecular complexity index is 936. The van der Waals surface area contributed by atoms with Crippen LogP contribution >= 0.6 is 15.9 Å². The average molecular weight is 478 g/mol. The number of nitrogens with one attached hydrogen (secondary N) is 1. The maximum absolute atomic E-state index is 12.5. The Morgan fingerprint density at radius 1 is 1.03 bits per heavy atom. The van der Waals surface area contributed by atoms with Crippen LogP contribution in [-0.2, 0) is 4.79 Å². The van der Waals surface area contributed by atoms with Crippen molar-refractivity contribution in [3.63, 3.8) is 0 Å². The number of ether oxygens (including phenoxy) is 2. The molecule has 0 atom stereocenters. The van der Waals surface area contributed by atoms with Gasteiger partial charge in [-0.1, -0.05) is 12.1 Å². The van der Waals surface area contributed by atoms with Gasteiger partial charge in [0.1, 0.15) is 0 Å². The molecular weight excluding hydrogens is 466 g/mol. The summed E-state index contributed by atoms with van der Waals surface area (Å²) in [5, 5.41) is 11.6. The fourth-order valence-electron chi connectivity index (χ4n) is 2.20. The fourth-order valence-corrected chi connectivity index (χ4v) is 2.74. The molecule has 6 nitrogen and oxygen atoms in total. The second-order valence-electron chi connectivity index (χ2n) is 5.25. The molecule has 0 heterocycles. The number of hydrogen-bond donors (Lipinski definition) is 2. The molecule has 0 radical (unpaired) electrons. The van der Waals surface area contributed by atoms with E-state index in [4.69, 9.17) is 0 Å². The van der Waals surface area contributed by atoms with Crippen molar-refractivity contribution in [2.45, 2.75) is 13.2 Å². The van der Waals surface area contributed by atoms with Crippen LogP contribution in [0.15, 0.2) is 46.9 Å². The summed E-state index contributed by atoms with van der Waals surface area (Å²) in [6.45, 7) is -6.51. The van der Waals surface area contributed by atoms with Crippen LogP contribution in [0.3, 0.4) is 0 Å². The van der Waals surface area contributed by atoms with Gasteiger partial charge >= 0.3 is 19.2 Å². The van der Waals surface area contributed by atoms with Crippen LogP contribution in [-0.4, -0.2) is 30.2 Å². The number of halogens is 5. The number of carbonyl (C=O) groups is 2. The van der Waals surface area contributed by atoms with E-state index in [1.807, 2.05) is 0 Å². The zero-order chi connectivity index (χ0) is 21.6. The molecule has 0 spiro atoms. The molecular formula is C18H12BrF4NO5. The van der Waals surface area contributed by atoms with Crippen LogP contribution in [0.25, 0.3) is 6.08 Å². The van der Waals surface area contributed by atoms with E-state index >= 15 is 0 Å². The maximum Gasteiger partial charge on any atom is 0.387 e. The molecule has 0 aliphatic rings. The van der Waals surface area contributed by atoms with Crippen molar-refractivity contribution in [2.75, 3.05) is 5.32 Å². The van der Waals surface area contributed by atoms with Crippen LogP contribution < -0.4 is 14.8 Å². The molecule has 29 heavy (non-hydrogen) atoms. The van der Waals surface area contributed by atoms with Gasteiger partial charge in [0.2, 0.25) is 5.91 Å². The van der Waals surface area contributed by atoms with Crippen LogP contribution in [0.2, 0.25) is 0 Å². The van der Waals surface area contributed by atoms with E-state index in [0.717, 1.165) is 18.2 Å². The highest BCUT2D eigenvalue weighted by Gasteiger charge is 2.16. The van der Waals surface area contributed by atoms with Crippen molar-refractivity contribution in [2.24, 2.45) is 0 Å². The van der Waals surface area contributed by atoms with Crippen LogP contribution in [0.1, 0.15) is 15.9 Å². The normalized spacial score (nSPS) is 11.1. The lowest BCUT2D eigenvalue weighted by molar-refractivity contribution is -0.111. The summed E-state index contributed by atoms with van der Waals surface area (Å²) in [6, 6.07) is 7.59. The van der Waals surface area contributed by atoms with Gasteiger partial charge in [-0.3, -0.25) is 4.79 Å². The first kappa shape index (κ1) is 22.2. The van der Waals surface area contributed by atoms with Crippen molar-refractivity contribution in [1.82, 2.24) is 0 Å². The summed E-state index contributed by atoms with van der Waals surface area (Å²) >= 11 is 3.07. The third kappa shape index (κ3) is 6.49. The number of rotatable bonds is 8. The van der Waals surface area contributed by atoms with Crippen molar-refractivity contribution in [3.8, 4) is 11.5 Å². The van der Waals surface area contributed by atoms with E-state index in [1.54, 1.807) is 0 Å². The highest BCUT2D eigenvalue weighted by Crippen LogP contribution is 2.31. The Hall–Kier alpha value is -3.08. The van der Waals surface area contributed by atoms with Gasteiger partial charge in [0.25, 0.3) is 0 Å². The number of amides is 1. The molecule has 2 rings (SSSR count). The second-order valence-corrected chi connectivity index (χ2v) is 6.11. The van der Waals surface area contributed by atoms with Gasteiger partial charge in [-0.05, 0) is 51.8 Å². The largest absolute Gasteiger partial charge is 0.478 e. The smallest absolute Gasteiger partial charge is 0.387 e. The molecule has 0 unspecified atom stereocenters. The lowest BCUT2D eigenvalue weighted by Gasteiger charge is -2.12. The Morgan fingerprint density at radius 3 is 2.31 bits per heavy atom. The molecule has 0 saturated carbocycles. The van der Waals surface area contributed by atoms with Crippen molar-refractivity contribution < 1.29 is 41.7 Å². The average Bonchev–Trinajstić information content (AvgIpc) is 2.60. The van der Waals surface area contributed by atoms with Gasteiger partial charge in [0, 0.05) is 10.5 Å². The second kappa shape index (κ2) is 9.92. The number of anilines is 1. The van der Waals surface area contributed by atoms with Crippen LogP contribution in [0.5, 0.6) is 11.5 Å². The molecule has 0 aliphatic heterocycles. The molecule has 0 aliphatic carbocycles. The minimum absolute atomic E-state index is 0.0314. The lowest BCUT2D eigenvalue weighted by atomic mass is 10.1. The van der Waals surface area contributed by atoms with Gasteiger partial charge in [0.05, 0.1) is 11.3 Å². The zero-order valence-corrected chi connectivity index (χ0v) is 15.8. The first-order valence-electron chi connectivity index (χ1n) is 7.72. The predicted octanol–water partition coefficient (Wildman–Crippen LogP) is 5.00. The summed E-state index contributed by atoms with van der Waals surface area (Å²) in [4.78, 5) is 23.4. The highest BCUT2D eigenvalue weighted by molar-refractivity contribution is 9.10. The third-order valence-corrected chi connectivity index (χ3v) is 3.97. The van der Waals surface area contributed by atoms with E-state index < -0.39 is 36.6 Å². The molecule has 0 bridgehead atoms. The number of carboxylic acids is 1. The van der Waals surface area contributed by atoms with E-state index in [9.17, 15) is 32.3 Å². The molecule has 0 saturated heterocycles. The number of alkyl halides is 4. The monoisotopic (exact) mass is 477 g/mol. The fraction of sp³-hybridized carbons (Fsp3) is 0.111. The van der Waals surface area contributed by atoms with Gasteiger partial charge in [-0.2, -0.15) is 17.6 Å². The Morgan fingerprint density at radius 2 is 1.69 bits per heavy atom. The standard InChI is InChI=1S/C18H12BrF4NO5/c19-10-2-1-3-11(15(10)16(26)27)24-14(25)7-5-9-4-6-12(28-17(20)21)13(8-9)29-18(22)23/h1-8,17-18H,(H,24,25)(H,26,27)/b7-5+. The summed E-state index contributed by atoms with van der Waals surface area (Å²) in [5.41, 5.74) is 0.0458. The summed E-state index contributed by atoms with van der Waals surface area (Å²) in [7, 11) is 0. The van der Waals surface area contributed by atoms with Crippen LogP contribution in [0, 0.1) is 0 Å². The number of carboxylic acid groups (broad SMARTS) is 1. The number of hydrogen-bond acceptors (Lipinski definition) is 4. The summed E-state index contributed by atoms with van der Waals surface area (Å²) < 4.78 is 58.1. The highest BCUT2D eigenvalue weighted by atomic mass is 79.9. The Balaban J connectivity index is 2.20. The number of aromatic carboxylic acids is 1. The molecule has 2 N–H and O–H groups in total. The number of benzene rings is 2.